The van der Waals surface area contributed by atoms with E-state index in [0.717, 1.165) is 11.0 Å². The summed E-state index contributed by atoms with van der Waals surface area (Å²) < 4.78 is 17.5. The Morgan fingerprint density at radius 1 is 1.47 bits per heavy atom. The second kappa shape index (κ2) is 4.98. The molecular weight excluding hydrogens is 264 g/mol. The van der Waals surface area contributed by atoms with Gasteiger partial charge >= 0.3 is 7.12 Å². The van der Waals surface area contributed by atoms with Crippen LogP contribution in [0.15, 0.2) is 34.5 Å². The normalized spacial score (nSPS) is 27.8. The maximum atomic E-state index is 6.00. The van der Waals surface area contributed by atoms with E-state index < -0.39 is 0 Å². The summed E-state index contributed by atoms with van der Waals surface area (Å²) in [5, 5.41) is 0. The third-order valence-corrected chi connectivity index (χ3v) is 3.95. The zero-order valence-electron chi connectivity index (χ0n) is 11.4. The molecule has 0 aromatic carbocycles. The van der Waals surface area contributed by atoms with Crippen LogP contribution < -0.4 is 5.73 Å². The molecule has 3 heterocycles. The zero-order chi connectivity index (χ0) is 12.9. The van der Waals surface area contributed by atoms with Crippen LogP contribution in [0.3, 0.4) is 0 Å². The molecule has 0 aromatic heterocycles. The number of allylic oxidation sites excluding steroid dienone is 3. The lowest BCUT2D eigenvalue weighted by Crippen LogP contribution is -2.40. The number of rotatable bonds is 1. The van der Waals surface area contributed by atoms with Crippen molar-refractivity contribution in [3.8, 4) is 0 Å². The van der Waals surface area contributed by atoms with Gasteiger partial charge in [0.25, 0.3) is 0 Å². The lowest BCUT2D eigenvalue weighted by molar-refractivity contribution is 0.0897. The molecule has 1 atom stereocenters. The van der Waals surface area contributed by atoms with Crippen molar-refractivity contribution in [1.82, 2.24) is 0 Å². The molecule has 0 aliphatic carbocycles. The van der Waals surface area contributed by atoms with Crippen molar-refractivity contribution in [2.45, 2.75) is 32.5 Å². The Kier molecular flexibility index (Phi) is 3.84. The van der Waals surface area contributed by atoms with Crippen LogP contribution in [-0.2, 0) is 14.0 Å². The maximum absolute atomic E-state index is 6.00. The Morgan fingerprint density at radius 3 is 2.89 bits per heavy atom. The first-order valence-electron chi connectivity index (χ1n) is 6.31. The number of nitrogens with two attached hydrogens (primary N) is 1. The first-order valence-corrected chi connectivity index (χ1v) is 6.31. The average Bonchev–Trinajstić information content (AvgIpc) is 2.52. The van der Waals surface area contributed by atoms with E-state index in [9.17, 15) is 0 Å². The summed E-state index contributed by atoms with van der Waals surface area (Å²) in [6.45, 7) is 7.19. The molecule has 1 unspecified atom stereocenters. The van der Waals surface area contributed by atoms with E-state index in [1.54, 1.807) is 6.26 Å². The van der Waals surface area contributed by atoms with Crippen LogP contribution in [0, 0.1) is 0 Å². The maximum Gasteiger partial charge on any atom is 0.495 e. The Balaban J connectivity index is 0.00000133. The van der Waals surface area contributed by atoms with Crippen molar-refractivity contribution in [3.63, 3.8) is 0 Å². The highest BCUT2D eigenvalue weighted by Crippen LogP contribution is 2.43. The molecule has 3 aliphatic rings. The van der Waals surface area contributed by atoms with Crippen molar-refractivity contribution >= 4 is 19.5 Å². The highest BCUT2D eigenvalue weighted by Gasteiger charge is 2.49. The Morgan fingerprint density at radius 2 is 2.21 bits per heavy atom. The predicted molar refractivity (Wildman–Crippen MR) is 76.9 cm³/mol. The van der Waals surface area contributed by atoms with Crippen LogP contribution in [0.25, 0.3) is 0 Å². The molecular formula is C13H19BClNO3. The highest BCUT2D eigenvalue weighted by atomic mass is 35.5. The summed E-state index contributed by atoms with van der Waals surface area (Å²) >= 11 is 0. The molecule has 6 heteroatoms. The van der Waals surface area contributed by atoms with Gasteiger partial charge in [-0.15, -0.1) is 12.4 Å². The van der Waals surface area contributed by atoms with Gasteiger partial charge in [0.15, 0.2) is 0 Å². The molecule has 0 fully saturated rings. The van der Waals surface area contributed by atoms with E-state index in [2.05, 4.69) is 20.8 Å². The van der Waals surface area contributed by atoms with E-state index in [-0.39, 0.29) is 31.2 Å². The van der Waals surface area contributed by atoms with Crippen molar-refractivity contribution < 1.29 is 14.0 Å². The molecule has 0 saturated heterocycles. The molecule has 19 heavy (non-hydrogen) atoms. The average molecular weight is 284 g/mol. The van der Waals surface area contributed by atoms with E-state index in [1.807, 2.05) is 6.08 Å². The second-order valence-corrected chi connectivity index (χ2v) is 5.42. The third-order valence-electron chi connectivity index (χ3n) is 3.95. The van der Waals surface area contributed by atoms with Crippen LogP contribution >= 0.6 is 12.4 Å². The molecule has 0 aromatic rings. The summed E-state index contributed by atoms with van der Waals surface area (Å²) in [4.78, 5) is 0. The van der Waals surface area contributed by atoms with Crippen molar-refractivity contribution in [3.05, 3.63) is 34.5 Å². The molecule has 3 rings (SSSR count). The first kappa shape index (κ1) is 14.7. The minimum atomic E-state index is -0.346. The van der Waals surface area contributed by atoms with Gasteiger partial charge in [-0.05, 0) is 49.0 Å². The summed E-state index contributed by atoms with van der Waals surface area (Å²) in [6.07, 6.45) is 3.68. The smallest absolute Gasteiger partial charge is 0.495 e. The van der Waals surface area contributed by atoms with Crippen LogP contribution in [-0.4, -0.2) is 32.0 Å². The summed E-state index contributed by atoms with van der Waals surface area (Å²) in [5.74, 6) is 0. The fourth-order valence-corrected chi connectivity index (χ4v) is 2.84. The highest BCUT2D eigenvalue weighted by molar-refractivity contribution is 6.57. The topological polar surface area (TPSA) is 53.7 Å². The van der Waals surface area contributed by atoms with E-state index >= 15 is 0 Å². The number of hydrogen-bond donors (Lipinski definition) is 1. The van der Waals surface area contributed by atoms with Gasteiger partial charge in [-0.3, -0.25) is 0 Å². The molecule has 4 nitrogen and oxygen atoms in total. The molecule has 0 bridgehead atoms. The van der Waals surface area contributed by atoms with Gasteiger partial charge in [0.1, 0.15) is 6.61 Å². The predicted octanol–water partition coefficient (Wildman–Crippen LogP) is 1.76. The van der Waals surface area contributed by atoms with Gasteiger partial charge in [0.05, 0.1) is 18.0 Å². The monoisotopic (exact) mass is 283 g/mol. The fraction of sp³-hybridized carbons (Fsp3) is 0.538. The first-order chi connectivity index (χ1) is 8.54. The quantitative estimate of drug-likeness (QED) is 0.745. The Labute approximate surface area is 120 Å². The fourth-order valence-electron chi connectivity index (χ4n) is 2.84. The van der Waals surface area contributed by atoms with E-state index in [1.165, 1.54) is 11.1 Å². The zero-order valence-corrected chi connectivity index (χ0v) is 12.3. The number of hydrogen-bond acceptors (Lipinski definition) is 4. The van der Waals surface area contributed by atoms with Gasteiger partial charge < -0.3 is 19.8 Å². The SMILES string of the molecule is CC1=C2C=COCC3=C2B(OC1CN)OC3(C)C.Cl. The van der Waals surface area contributed by atoms with E-state index in [0.29, 0.717) is 13.2 Å². The summed E-state index contributed by atoms with van der Waals surface area (Å²) in [7, 11) is -0.311. The Bertz CT molecular complexity index is 484. The number of halogens is 1. The molecule has 0 saturated carbocycles. The standard InChI is InChI=1S/C13H18BNO3.ClH/c1-8-9-4-5-16-7-10-12(9)14(17-11(8)6-15)18-13(10,2)3;/h4-5,11H,6-7,15H2,1-3H3;1H. The van der Waals surface area contributed by atoms with Gasteiger partial charge in [-0.1, -0.05) is 0 Å². The summed E-state index contributed by atoms with van der Waals surface area (Å²) in [6, 6.07) is 0. The van der Waals surface area contributed by atoms with Gasteiger partial charge in [0.2, 0.25) is 0 Å². The molecule has 0 amide bonds. The lowest BCUT2D eigenvalue weighted by Gasteiger charge is -2.29. The van der Waals surface area contributed by atoms with E-state index in [4.69, 9.17) is 19.8 Å². The van der Waals surface area contributed by atoms with Crippen LogP contribution in [0.4, 0.5) is 0 Å². The minimum absolute atomic E-state index is 0. The molecule has 104 valence electrons. The van der Waals surface area contributed by atoms with Crippen molar-refractivity contribution in [2.75, 3.05) is 13.2 Å². The molecule has 0 radical (unpaired) electrons. The molecule has 2 N–H and O–H groups in total. The largest absolute Gasteiger partial charge is 0.497 e. The van der Waals surface area contributed by atoms with Crippen LogP contribution in [0.5, 0.6) is 0 Å². The third kappa shape index (κ3) is 2.15. The van der Waals surface area contributed by atoms with Gasteiger partial charge in [-0.2, -0.15) is 0 Å². The van der Waals surface area contributed by atoms with Crippen LogP contribution in [0.2, 0.25) is 0 Å². The number of ether oxygens (including phenoxy) is 1. The lowest BCUT2D eigenvalue weighted by atomic mass is 9.68. The Hall–Kier alpha value is -0.745. The van der Waals surface area contributed by atoms with Gasteiger partial charge in [-0.25, -0.2) is 0 Å². The van der Waals surface area contributed by atoms with Gasteiger partial charge in [0, 0.05) is 6.54 Å². The van der Waals surface area contributed by atoms with Crippen molar-refractivity contribution in [1.29, 1.82) is 0 Å². The second-order valence-electron chi connectivity index (χ2n) is 5.42. The summed E-state index contributed by atoms with van der Waals surface area (Å²) in [5.41, 5.74) is 10.0. The molecule has 0 spiro atoms. The molecule has 3 aliphatic heterocycles. The van der Waals surface area contributed by atoms with Crippen molar-refractivity contribution in [2.24, 2.45) is 5.73 Å². The van der Waals surface area contributed by atoms with Crippen LogP contribution in [0.1, 0.15) is 20.8 Å². The minimum Gasteiger partial charge on any atom is -0.497 e.